The molecule has 6 nitrogen and oxygen atoms in total. The molecule has 0 unspecified atom stereocenters. The summed E-state index contributed by atoms with van der Waals surface area (Å²) in [6.07, 6.45) is 2.39. The first-order valence-electron chi connectivity index (χ1n) is 8.34. The molecule has 1 heterocycles. The molecular weight excluding hydrogens is 327 g/mol. The number of hydrogen-bond donors (Lipinski definition) is 2. The number of carbonyl (C=O) groups excluding carboxylic acids is 4. The van der Waals surface area contributed by atoms with Crippen LogP contribution in [0.2, 0.25) is 0 Å². The summed E-state index contributed by atoms with van der Waals surface area (Å²) in [7, 11) is 0. The van der Waals surface area contributed by atoms with Gasteiger partial charge in [0.25, 0.3) is 0 Å². The summed E-state index contributed by atoms with van der Waals surface area (Å²) in [6.45, 7) is 1.94. The highest BCUT2D eigenvalue weighted by Crippen LogP contribution is 2.33. The van der Waals surface area contributed by atoms with E-state index in [1.54, 1.807) is 0 Å². The Hall–Kier alpha value is -2.57. The highest BCUT2D eigenvalue weighted by molar-refractivity contribution is 6.19. The molecule has 2 rings (SSSR count). The van der Waals surface area contributed by atoms with Crippen molar-refractivity contribution >= 4 is 23.6 Å². The maximum absolute atomic E-state index is 12.9. The van der Waals surface area contributed by atoms with Crippen molar-refractivity contribution in [3.05, 3.63) is 35.6 Å². The van der Waals surface area contributed by atoms with Crippen molar-refractivity contribution in [2.75, 3.05) is 0 Å². The van der Waals surface area contributed by atoms with E-state index in [2.05, 4.69) is 10.6 Å². The van der Waals surface area contributed by atoms with Crippen LogP contribution < -0.4 is 10.6 Å². The fourth-order valence-corrected chi connectivity index (χ4v) is 2.97. The first-order chi connectivity index (χ1) is 11.9. The van der Waals surface area contributed by atoms with Gasteiger partial charge in [0.1, 0.15) is 11.2 Å². The number of Topliss-reactive ketones (excluding diaryl/α,β-unsaturated/α-hetero) is 1. The second-order valence-corrected chi connectivity index (χ2v) is 6.21. The van der Waals surface area contributed by atoms with Gasteiger partial charge in [-0.3, -0.25) is 25.0 Å². The van der Waals surface area contributed by atoms with Crippen LogP contribution in [0.15, 0.2) is 24.3 Å². The van der Waals surface area contributed by atoms with E-state index in [-0.39, 0.29) is 18.6 Å². The van der Waals surface area contributed by atoms with Crippen molar-refractivity contribution in [1.82, 2.24) is 10.6 Å². The number of rotatable bonds is 8. The van der Waals surface area contributed by atoms with Gasteiger partial charge in [-0.25, -0.2) is 9.18 Å². The molecule has 1 aliphatic heterocycles. The molecule has 0 aromatic heterocycles. The molecule has 134 valence electrons. The standard InChI is InChI=1S/C18H21FN2O4/c1-2-3-10-18(15(23)20-17(25)21-16(18)24)11-4-5-14(22)12-6-8-13(19)9-7-12/h6-9H,2-5,10-11H2,1H3,(H2,20,21,23,24,25). The zero-order valence-corrected chi connectivity index (χ0v) is 14.1. The number of carbonyl (C=O) groups is 4. The lowest BCUT2D eigenvalue weighted by atomic mass is 9.75. The van der Waals surface area contributed by atoms with Crippen molar-refractivity contribution in [3.8, 4) is 0 Å². The Morgan fingerprint density at radius 3 is 2.12 bits per heavy atom. The molecule has 1 aromatic carbocycles. The number of nitrogens with one attached hydrogen (secondary N) is 2. The lowest BCUT2D eigenvalue weighted by Gasteiger charge is -2.34. The summed E-state index contributed by atoms with van der Waals surface area (Å²) >= 11 is 0. The van der Waals surface area contributed by atoms with Crippen molar-refractivity contribution in [2.45, 2.75) is 45.4 Å². The average molecular weight is 348 g/mol. The summed E-state index contributed by atoms with van der Waals surface area (Å²) in [5.74, 6) is -1.82. The molecule has 4 amide bonds. The number of amides is 4. The van der Waals surface area contributed by atoms with Gasteiger partial charge in [0.15, 0.2) is 5.78 Å². The molecule has 0 saturated carbocycles. The van der Waals surface area contributed by atoms with Crippen LogP contribution in [0, 0.1) is 11.2 Å². The van der Waals surface area contributed by atoms with Crippen LogP contribution in [0.3, 0.4) is 0 Å². The van der Waals surface area contributed by atoms with Gasteiger partial charge >= 0.3 is 6.03 Å². The minimum absolute atomic E-state index is 0.133. The second kappa shape index (κ2) is 8.00. The normalized spacial score (nSPS) is 16.3. The molecule has 1 aromatic rings. The van der Waals surface area contributed by atoms with Gasteiger partial charge in [0.05, 0.1) is 0 Å². The zero-order chi connectivity index (χ0) is 18.4. The first-order valence-corrected chi connectivity index (χ1v) is 8.34. The number of halogens is 1. The highest BCUT2D eigenvalue weighted by atomic mass is 19.1. The van der Waals surface area contributed by atoms with Crippen LogP contribution in [0.1, 0.15) is 55.8 Å². The number of imide groups is 2. The SMILES string of the molecule is CCCCC1(CCCC(=O)c2ccc(F)cc2)C(=O)NC(=O)NC1=O. The smallest absolute Gasteiger partial charge is 0.294 e. The maximum Gasteiger partial charge on any atom is 0.328 e. The number of hydrogen-bond acceptors (Lipinski definition) is 4. The Bertz CT molecular complexity index is 665. The van der Waals surface area contributed by atoms with E-state index in [9.17, 15) is 23.6 Å². The van der Waals surface area contributed by atoms with Crippen LogP contribution in [0.25, 0.3) is 0 Å². The topological polar surface area (TPSA) is 92.3 Å². The van der Waals surface area contributed by atoms with Gasteiger partial charge in [0, 0.05) is 12.0 Å². The largest absolute Gasteiger partial charge is 0.328 e. The quantitative estimate of drug-likeness (QED) is 0.558. The molecular formula is C18H21FN2O4. The van der Waals surface area contributed by atoms with E-state index < -0.39 is 29.1 Å². The van der Waals surface area contributed by atoms with Crippen molar-refractivity contribution < 1.29 is 23.6 Å². The van der Waals surface area contributed by atoms with E-state index in [4.69, 9.17) is 0 Å². The Balaban J connectivity index is 2.04. The lowest BCUT2D eigenvalue weighted by molar-refractivity contribution is -0.145. The zero-order valence-electron chi connectivity index (χ0n) is 14.1. The fraction of sp³-hybridized carbons (Fsp3) is 0.444. The molecule has 25 heavy (non-hydrogen) atoms. The van der Waals surface area contributed by atoms with Crippen LogP contribution in [-0.4, -0.2) is 23.6 Å². The first kappa shape index (κ1) is 18.8. The molecule has 7 heteroatoms. The third-order valence-electron chi connectivity index (χ3n) is 4.45. The van der Waals surface area contributed by atoms with Crippen LogP contribution in [0.5, 0.6) is 0 Å². The molecule has 0 aliphatic carbocycles. The number of ketones is 1. The number of urea groups is 1. The van der Waals surface area contributed by atoms with E-state index in [0.29, 0.717) is 24.8 Å². The summed E-state index contributed by atoms with van der Waals surface area (Å²) in [5, 5.41) is 4.30. The molecule has 2 N–H and O–H groups in total. The van der Waals surface area contributed by atoms with Gasteiger partial charge in [-0.15, -0.1) is 0 Å². The fourth-order valence-electron chi connectivity index (χ4n) is 2.97. The Kier molecular flexibility index (Phi) is 6.01. The third-order valence-corrected chi connectivity index (χ3v) is 4.45. The van der Waals surface area contributed by atoms with E-state index in [1.807, 2.05) is 6.92 Å². The van der Waals surface area contributed by atoms with Gasteiger partial charge < -0.3 is 0 Å². The average Bonchev–Trinajstić information content (AvgIpc) is 2.57. The molecule has 1 aliphatic rings. The third kappa shape index (κ3) is 4.29. The molecule has 0 bridgehead atoms. The summed E-state index contributed by atoms with van der Waals surface area (Å²) < 4.78 is 12.9. The van der Waals surface area contributed by atoms with Crippen LogP contribution in [-0.2, 0) is 9.59 Å². The Morgan fingerprint density at radius 2 is 1.56 bits per heavy atom. The minimum atomic E-state index is -1.33. The van der Waals surface area contributed by atoms with Crippen LogP contribution in [0.4, 0.5) is 9.18 Å². The Morgan fingerprint density at radius 1 is 1.00 bits per heavy atom. The predicted octanol–water partition coefficient (Wildman–Crippen LogP) is 2.72. The van der Waals surface area contributed by atoms with Crippen molar-refractivity contribution in [1.29, 1.82) is 0 Å². The summed E-state index contributed by atoms with van der Waals surface area (Å²) in [5.41, 5.74) is -0.941. The van der Waals surface area contributed by atoms with E-state index in [1.165, 1.54) is 24.3 Å². The molecule has 1 fully saturated rings. The number of unbranched alkanes of at least 4 members (excludes halogenated alkanes) is 1. The van der Waals surface area contributed by atoms with Gasteiger partial charge in [-0.1, -0.05) is 19.8 Å². The molecule has 0 spiro atoms. The van der Waals surface area contributed by atoms with Gasteiger partial charge in [0.2, 0.25) is 11.8 Å². The molecule has 0 atom stereocenters. The van der Waals surface area contributed by atoms with Gasteiger partial charge in [-0.05, 0) is 43.5 Å². The summed E-state index contributed by atoms with van der Waals surface area (Å²) in [4.78, 5) is 48.1. The number of barbiturate groups is 1. The Labute approximate surface area is 145 Å². The van der Waals surface area contributed by atoms with Crippen LogP contribution >= 0.6 is 0 Å². The maximum atomic E-state index is 12.9. The van der Waals surface area contributed by atoms with Gasteiger partial charge in [-0.2, -0.15) is 0 Å². The lowest BCUT2D eigenvalue weighted by Crippen LogP contribution is -2.62. The van der Waals surface area contributed by atoms with E-state index >= 15 is 0 Å². The second-order valence-electron chi connectivity index (χ2n) is 6.21. The number of benzene rings is 1. The predicted molar refractivity (Wildman–Crippen MR) is 88.2 cm³/mol. The van der Waals surface area contributed by atoms with Crippen molar-refractivity contribution in [2.24, 2.45) is 5.41 Å². The van der Waals surface area contributed by atoms with E-state index in [0.717, 1.165) is 6.42 Å². The highest BCUT2D eigenvalue weighted by Gasteiger charge is 2.49. The minimum Gasteiger partial charge on any atom is -0.294 e. The molecule has 0 radical (unpaired) electrons. The molecule has 1 saturated heterocycles. The monoisotopic (exact) mass is 348 g/mol. The van der Waals surface area contributed by atoms with Crippen molar-refractivity contribution in [3.63, 3.8) is 0 Å². The summed E-state index contributed by atoms with van der Waals surface area (Å²) in [6, 6.07) is 4.42.